The van der Waals surface area contributed by atoms with E-state index in [4.69, 9.17) is 0 Å². The fourth-order valence-electron chi connectivity index (χ4n) is 1.63. The van der Waals surface area contributed by atoms with Gasteiger partial charge in [0.2, 0.25) is 5.69 Å². The van der Waals surface area contributed by atoms with Crippen LogP contribution in [-0.4, -0.2) is 42.8 Å². The molecule has 0 unspecified atom stereocenters. The molecule has 0 aliphatic rings. The molecule has 0 aliphatic heterocycles. The zero-order valence-corrected chi connectivity index (χ0v) is 10.4. The molecular weight excluding hydrogens is 252 g/mol. The van der Waals surface area contributed by atoms with Gasteiger partial charge in [0.05, 0.1) is 17.2 Å². The molecule has 2 aromatic rings. The Hall–Kier alpha value is -2.71. The Morgan fingerprint density at radius 3 is 2.95 bits per heavy atom. The Morgan fingerprint density at radius 2 is 2.37 bits per heavy atom. The number of rotatable bonds is 4. The van der Waals surface area contributed by atoms with Crippen molar-refractivity contribution in [2.45, 2.75) is 6.54 Å². The van der Waals surface area contributed by atoms with E-state index in [1.54, 1.807) is 31.0 Å². The smallest absolute Gasteiger partial charge is 0.319 e. The third-order valence-electron chi connectivity index (χ3n) is 2.54. The molecule has 0 saturated carbocycles. The number of hydrogen-bond donors (Lipinski definition) is 1. The van der Waals surface area contributed by atoms with Crippen molar-refractivity contribution in [3.05, 3.63) is 40.0 Å². The fourth-order valence-corrected chi connectivity index (χ4v) is 1.63. The average Bonchev–Trinajstić information content (AvgIpc) is 2.97. The Bertz CT molecular complexity index is 616. The maximum Gasteiger partial charge on any atom is 0.319 e. The number of carbonyl (C=O) groups is 1. The summed E-state index contributed by atoms with van der Waals surface area (Å²) in [5.74, 6) is -0.505. The number of nitrogens with one attached hydrogen (secondary N) is 1. The van der Waals surface area contributed by atoms with Crippen LogP contribution in [-0.2, 0) is 13.6 Å². The molecule has 0 radical (unpaired) electrons. The summed E-state index contributed by atoms with van der Waals surface area (Å²) in [5, 5.41) is 20.7. The molecular formula is C10H12N6O3. The van der Waals surface area contributed by atoms with E-state index in [-0.39, 0.29) is 17.9 Å². The predicted octanol–water partition coefficient (Wildman–Crippen LogP) is 0.324. The van der Waals surface area contributed by atoms with Crippen molar-refractivity contribution in [3.63, 3.8) is 0 Å². The van der Waals surface area contributed by atoms with E-state index in [1.807, 2.05) is 0 Å². The molecule has 9 nitrogen and oxygen atoms in total. The first-order valence-corrected chi connectivity index (χ1v) is 5.40. The highest BCUT2D eigenvalue weighted by molar-refractivity contribution is 5.95. The van der Waals surface area contributed by atoms with Crippen LogP contribution in [0.15, 0.2) is 18.5 Å². The molecule has 0 fully saturated rings. The monoisotopic (exact) mass is 264 g/mol. The number of nitro groups is 1. The summed E-state index contributed by atoms with van der Waals surface area (Å²) in [6, 6.07) is 1.77. The molecule has 0 aliphatic carbocycles. The van der Waals surface area contributed by atoms with Crippen LogP contribution in [0.1, 0.15) is 16.2 Å². The third-order valence-corrected chi connectivity index (χ3v) is 2.54. The van der Waals surface area contributed by atoms with Gasteiger partial charge in [-0.2, -0.15) is 10.2 Å². The minimum Gasteiger partial charge on any atom is -0.334 e. The van der Waals surface area contributed by atoms with Crippen LogP contribution >= 0.6 is 0 Å². The van der Waals surface area contributed by atoms with Gasteiger partial charge in [-0.05, 0) is 6.07 Å². The van der Waals surface area contributed by atoms with Gasteiger partial charge in [-0.1, -0.05) is 0 Å². The molecule has 2 rings (SSSR count). The molecule has 19 heavy (non-hydrogen) atoms. The number of nitrogens with zero attached hydrogens (tertiary/aromatic N) is 5. The van der Waals surface area contributed by atoms with Gasteiger partial charge < -0.3 is 4.90 Å². The molecule has 1 amide bonds. The fraction of sp³-hybridized carbons (Fsp3) is 0.300. The summed E-state index contributed by atoms with van der Waals surface area (Å²) in [4.78, 5) is 23.5. The summed E-state index contributed by atoms with van der Waals surface area (Å²) >= 11 is 0. The summed E-state index contributed by atoms with van der Waals surface area (Å²) in [6.45, 7) is 0.260. The summed E-state index contributed by atoms with van der Waals surface area (Å²) in [7, 11) is 3.31. The van der Waals surface area contributed by atoms with E-state index in [9.17, 15) is 14.9 Å². The highest BCUT2D eigenvalue weighted by atomic mass is 16.6. The molecule has 9 heteroatoms. The number of H-pyrrole nitrogens is 1. The van der Waals surface area contributed by atoms with E-state index >= 15 is 0 Å². The van der Waals surface area contributed by atoms with Crippen LogP contribution in [0.25, 0.3) is 0 Å². The van der Waals surface area contributed by atoms with E-state index in [0.717, 1.165) is 6.20 Å². The van der Waals surface area contributed by atoms with Crippen molar-refractivity contribution in [2.24, 2.45) is 7.05 Å². The van der Waals surface area contributed by atoms with Gasteiger partial charge in [-0.25, -0.2) is 0 Å². The predicted molar refractivity (Wildman–Crippen MR) is 64.2 cm³/mol. The second-order valence-corrected chi connectivity index (χ2v) is 4.03. The molecule has 100 valence electrons. The molecule has 0 spiro atoms. The van der Waals surface area contributed by atoms with Crippen molar-refractivity contribution >= 4 is 11.6 Å². The Kier molecular flexibility index (Phi) is 3.27. The zero-order valence-electron chi connectivity index (χ0n) is 10.4. The maximum atomic E-state index is 12.1. The Morgan fingerprint density at radius 1 is 1.63 bits per heavy atom. The maximum absolute atomic E-state index is 12.1. The third kappa shape index (κ3) is 2.59. The lowest BCUT2D eigenvalue weighted by atomic mass is 10.3. The second kappa shape index (κ2) is 4.88. The lowest BCUT2D eigenvalue weighted by Crippen LogP contribution is -2.27. The standard InChI is InChI=1S/C10H12N6O3/c1-14(6-7-3-4-15(2)13-7)10(17)9-8(16(18)19)5-11-12-9/h3-5H,6H2,1-2H3,(H,11,12). The molecule has 2 aromatic heterocycles. The number of carbonyl (C=O) groups excluding carboxylic acids is 1. The molecule has 0 bridgehead atoms. The van der Waals surface area contributed by atoms with Crippen LogP contribution in [0.4, 0.5) is 5.69 Å². The first-order chi connectivity index (χ1) is 8.99. The highest BCUT2D eigenvalue weighted by Crippen LogP contribution is 2.16. The quantitative estimate of drug-likeness (QED) is 0.631. The van der Waals surface area contributed by atoms with Crippen LogP contribution in [0, 0.1) is 10.1 Å². The lowest BCUT2D eigenvalue weighted by Gasteiger charge is -2.14. The van der Waals surface area contributed by atoms with Crippen LogP contribution < -0.4 is 0 Å². The van der Waals surface area contributed by atoms with E-state index in [2.05, 4.69) is 15.3 Å². The van der Waals surface area contributed by atoms with Gasteiger partial charge in [0.25, 0.3) is 5.91 Å². The van der Waals surface area contributed by atoms with Gasteiger partial charge in [0.1, 0.15) is 6.20 Å². The van der Waals surface area contributed by atoms with Crippen LogP contribution in [0.2, 0.25) is 0 Å². The molecule has 0 aromatic carbocycles. The first-order valence-electron chi connectivity index (χ1n) is 5.40. The molecule has 2 heterocycles. The Labute approximate surface area is 108 Å². The number of aryl methyl sites for hydroxylation is 1. The van der Waals surface area contributed by atoms with Crippen LogP contribution in [0.3, 0.4) is 0 Å². The molecule has 0 atom stereocenters. The second-order valence-electron chi connectivity index (χ2n) is 4.03. The van der Waals surface area contributed by atoms with E-state index in [1.165, 1.54) is 4.90 Å². The number of aromatic amines is 1. The average molecular weight is 264 g/mol. The minimum absolute atomic E-state index is 0.136. The van der Waals surface area contributed by atoms with Crippen molar-refractivity contribution < 1.29 is 9.72 Å². The molecule has 1 N–H and O–H groups in total. The van der Waals surface area contributed by atoms with Gasteiger partial charge in [-0.3, -0.25) is 24.7 Å². The summed E-state index contributed by atoms with van der Waals surface area (Å²) in [6.07, 6.45) is 2.77. The topological polar surface area (TPSA) is 110 Å². The van der Waals surface area contributed by atoms with Gasteiger partial charge >= 0.3 is 5.69 Å². The normalized spacial score (nSPS) is 10.4. The van der Waals surface area contributed by atoms with E-state index < -0.39 is 10.8 Å². The zero-order chi connectivity index (χ0) is 14.0. The van der Waals surface area contributed by atoms with Gasteiger partial charge in [0.15, 0.2) is 0 Å². The Balaban J connectivity index is 2.15. The largest absolute Gasteiger partial charge is 0.334 e. The van der Waals surface area contributed by atoms with Gasteiger partial charge in [-0.15, -0.1) is 0 Å². The number of aromatic nitrogens is 4. The minimum atomic E-state index is -0.647. The SMILES string of the molecule is CN(Cc1ccn(C)n1)C(=O)c1[nH]ncc1[N+](=O)[O-]. The number of amides is 1. The summed E-state index contributed by atoms with van der Waals surface area (Å²) in [5.41, 5.74) is 0.224. The van der Waals surface area contributed by atoms with Crippen molar-refractivity contribution in [3.8, 4) is 0 Å². The van der Waals surface area contributed by atoms with Crippen molar-refractivity contribution in [2.75, 3.05) is 7.05 Å². The van der Waals surface area contributed by atoms with Crippen molar-refractivity contribution in [1.29, 1.82) is 0 Å². The van der Waals surface area contributed by atoms with Crippen LogP contribution in [0.5, 0.6) is 0 Å². The lowest BCUT2D eigenvalue weighted by molar-refractivity contribution is -0.385. The van der Waals surface area contributed by atoms with Crippen molar-refractivity contribution in [1.82, 2.24) is 24.9 Å². The number of hydrogen-bond acceptors (Lipinski definition) is 5. The van der Waals surface area contributed by atoms with E-state index in [0.29, 0.717) is 5.69 Å². The molecule has 0 saturated heterocycles. The summed E-state index contributed by atoms with van der Waals surface area (Å²) < 4.78 is 1.62. The first kappa shape index (κ1) is 12.7. The highest BCUT2D eigenvalue weighted by Gasteiger charge is 2.25. The van der Waals surface area contributed by atoms with Gasteiger partial charge in [0, 0.05) is 20.3 Å².